The maximum absolute atomic E-state index is 6.32. The van der Waals surface area contributed by atoms with Crippen LogP contribution >= 0.6 is 8.58 Å². The molecular weight excluding hydrogens is 213 g/mol. The van der Waals surface area contributed by atoms with Crippen molar-refractivity contribution in [3.63, 3.8) is 0 Å². The van der Waals surface area contributed by atoms with Crippen molar-refractivity contribution in [2.24, 2.45) is 0 Å². The molecule has 0 aliphatic carbocycles. The Balaban J connectivity index is 3.72. The van der Waals surface area contributed by atoms with Crippen molar-refractivity contribution in [2.75, 3.05) is 12.4 Å². The van der Waals surface area contributed by atoms with Gasteiger partial charge in [0.25, 0.3) is 0 Å². The summed E-state index contributed by atoms with van der Waals surface area (Å²) in [5.74, 6) is 0. The molecule has 2 heteroatoms. The molecule has 1 nitrogen and oxygen atoms in total. The highest BCUT2D eigenvalue weighted by molar-refractivity contribution is 7.46. The molecule has 0 aliphatic rings. The SMILES string of the molecule is CPc1c(C)c(C)c(C)c(N)c1C(C)(C)C. The summed E-state index contributed by atoms with van der Waals surface area (Å²) in [5, 5.41) is 1.47. The molecule has 0 aliphatic heterocycles. The summed E-state index contributed by atoms with van der Waals surface area (Å²) in [6.45, 7) is 15.5. The molecule has 0 bridgehead atoms. The first-order valence-corrected chi connectivity index (χ1v) is 7.29. The monoisotopic (exact) mass is 237 g/mol. The van der Waals surface area contributed by atoms with Crippen molar-refractivity contribution in [3.8, 4) is 0 Å². The summed E-state index contributed by atoms with van der Waals surface area (Å²) >= 11 is 0. The van der Waals surface area contributed by atoms with Crippen LogP contribution in [0.1, 0.15) is 43.0 Å². The van der Waals surface area contributed by atoms with Crippen molar-refractivity contribution in [2.45, 2.75) is 47.0 Å². The van der Waals surface area contributed by atoms with Crippen LogP contribution < -0.4 is 11.0 Å². The van der Waals surface area contributed by atoms with Crippen LogP contribution in [0, 0.1) is 20.8 Å². The fraction of sp³-hybridized carbons (Fsp3) is 0.571. The van der Waals surface area contributed by atoms with Gasteiger partial charge < -0.3 is 5.73 Å². The van der Waals surface area contributed by atoms with Crippen molar-refractivity contribution < 1.29 is 0 Å². The molecule has 0 amide bonds. The van der Waals surface area contributed by atoms with Gasteiger partial charge in [0, 0.05) is 5.69 Å². The van der Waals surface area contributed by atoms with E-state index in [0.717, 1.165) is 14.3 Å². The van der Waals surface area contributed by atoms with Gasteiger partial charge in [-0.05, 0) is 60.4 Å². The Morgan fingerprint density at radius 1 is 0.938 bits per heavy atom. The topological polar surface area (TPSA) is 26.0 Å². The second-order valence-electron chi connectivity index (χ2n) is 5.54. The lowest BCUT2D eigenvalue weighted by atomic mass is 9.82. The zero-order chi connectivity index (χ0) is 12.7. The standard InChI is InChI=1S/C14H24NP/c1-8-9(2)12(15)11(14(4,5)6)13(16-7)10(8)3/h16H,15H2,1-7H3. The predicted octanol–water partition coefficient (Wildman–Crippen LogP) is 3.43. The molecule has 16 heavy (non-hydrogen) atoms. The van der Waals surface area contributed by atoms with E-state index in [1.54, 1.807) is 0 Å². The first kappa shape index (κ1) is 13.5. The number of anilines is 1. The van der Waals surface area contributed by atoms with E-state index >= 15 is 0 Å². The lowest BCUT2D eigenvalue weighted by Crippen LogP contribution is -2.25. The van der Waals surface area contributed by atoms with Gasteiger partial charge in [-0.3, -0.25) is 0 Å². The molecule has 0 fully saturated rings. The fourth-order valence-electron chi connectivity index (χ4n) is 2.27. The zero-order valence-corrected chi connectivity index (χ0v) is 12.6. The Kier molecular flexibility index (Phi) is 3.69. The first-order chi connectivity index (χ1) is 7.21. The highest BCUT2D eigenvalue weighted by atomic mass is 31.1. The molecule has 1 atom stereocenters. The quantitative estimate of drug-likeness (QED) is 0.588. The number of nitrogen functional groups attached to an aromatic ring is 1. The van der Waals surface area contributed by atoms with Gasteiger partial charge in [0.2, 0.25) is 0 Å². The Hall–Kier alpha value is -0.550. The Bertz CT molecular complexity index is 414. The first-order valence-electron chi connectivity index (χ1n) is 5.79. The van der Waals surface area contributed by atoms with E-state index in [2.05, 4.69) is 48.2 Å². The van der Waals surface area contributed by atoms with Crippen LogP contribution in [0.2, 0.25) is 0 Å². The van der Waals surface area contributed by atoms with Crippen molar-refractivity contribution >= 4 is 19.6 Å². The van der Waals surface area contributed by atoms with Crippen LogP contribution in [0.25, 0.3) is 0 Å². The highest BCUT2D eigenvalue weighted by Crippen LogP contribution is 2.34. The summed E-state index contributed by atoms with van der Waals surface area (Å²) in [7, 11) is 0.810. The van der Waals surface area contributed by atoms with Gasteiger partial charge in [-0.2, -0.15) is 0 Å². The van der Waals surface area contributed by atoms with E-state index in [1.165, 1.54) is 27.6 Å². The van der Waals surface area contributed by atoms with Gasteiger partial charge in [0.05, 0.1) is 0 Å². The smallest absolute Gasteiger partial charge is 0.0390 e. The third kappa shape index (κ3) is 2.11. The van der Waals surface area contributed by atoms with Gasteiger partial charge in [-0.15, -0.1) is 0 Å². The number of rotatable bonds is 1. The Morgan fingerprint density at radius 3 is 1.81 bits per heavy atom. The maximum Gasteiger partial charge on any atom is 0.0390 e. The zero-order valence-electron chi connectivity index (χ0n) is 11.6. The minimum atomic E-state index is 0.131. The summed E-state index contributed by atoms with van der Waals surface area (Å²) in [6, 6.07) is 0. The van der Waals surface area contributed by atoms with Crippen molar-refractivity contribution in [1.29, 1.82) is 0 Å². The fourth-order valence-corrected chi connectivity index (χ4v) is 3.59. The molecule has 90 valence electrons. The van der Waals surface area contributed by atoms with E-state index in [4.69, 9.17) is 5.73 Å². The number of hydrogen-bond acceptors (Lipinski definition) is 1. The third-order valence-corrected chi connectivity index (χ3v) is 4.55. The van der Waals surface area contributed by atoms with Crippen LogP contribution in [0.5, 0.6) is 0 Å². The van der Waals surface area contributed by atoms with E-state index in [9.17, 15) is 0 Å². The Labute approximate surface area is 102 Å². The van der Waals surface area contributed by atoms with Crippen LogP contribution in [-0.4, -0.2) is 6.66 Å². The van der Waals surface area contributed by atoms with E-state index in [-0.39, 0.29) is 5.41 Å². The maximum atomic E-state index is 6.32. The molecular formula is C14H24NP. The molecule has 1 unspecified atom stereocenters. The second-order valence-corrected chi connectivity index (χ2v) is 6.54. The molecule has 0 aromatic heterocycles. The van der Waals surface area contributed by atoms with Crippen molar-refractivity contribution in [1.82, 2.24) is 0 Å². The molecule has 0 saturated heterocycles. The predicted molar refractivity (Wildman–Crippen MR) is 77.6 cm³/mol. The molecule has 0 heterocycles. The summed E-state index contributed by atoms with van der Waals surface area (Å²) in [5.41, 5.74) is 12.8. The molecule has 1 aromatic rings. The van der Waals surface area contributed by atoms with Gasteiger partial charge >= 0.3 is 0 Å². The number of hydrogen-bond donors (Lipinski definition) is 1. The normalized spacial score (nSPS) is 12.7. The van der Waals surface area contributed by atoms with E-state index in [1.807, 2.05) is 0 Å². The average Bonchev–Trinajstić information content (AvgIpc) is 2.18. The van der Waals surface area contributed by atoms with Gasteiger partial charge in [0.1, 0.15) is 0 Å². The molecule has 2 N–H and O–H groups in total. The van der Waals surface area contributed by atoms with Crippen molar-refractivity contribution in [3.05, 3.63) is 22.3 Å². The Morgan fingerprint density at radius 2 is 1.44 bits per heavy atom. The van der Waals surface area contributed by atoms with Crippen LogP contribution in [0.15, 0.2) is 0 Å². The number of benzene rings is 1. The number of nitrogens with two attached hydrogens (primary N) is 1. The van der Waals surface area contributed by atoms with Gasteiger partial charge in [-0.25, -0.2) is 0 Å². The third-order valence-electron chi connectivity index (χ3n) is 3.42. The molecule has 1 aromatic carbocycles. The average molecular weight is 237 g/mol. The lowest BCUT2D eigenvalue weighted by Gasteiger charge is -2.28. The second kappa shape index (κ2) is 4.37. The lowest BCUT2D eigenvalue weighted by molar-refractivity contribution is 0.595. The summed E-state index contributed by atoms with van der Waals surface area (Å²) in [6.07, 6.45) is 0. The summed E-state index contributed by atoms with van der Waals surface area (Å²) in [4.78, 5) is 0. The van der Waals surface area contributed by atoms with Crippen LogP contribution in [0.3, 0.4) is 0 Å². The van der Waals surface area contributed by atoms with Crippen LogP contribution in [-0.2, 0) is 5.41 Å². The van der Waals surface area contributed by atoms with Crippen LogP contribution in [0.4, 0.5) is 5.69 Å². The van der Waals surface area contributed by atoms with Gasteiger partial charge in [0.15, 0.2) is 0 Å². The van der Waals surface area contributed by atoms with E-state index in [0.29, 0.717) is 0 Å². The minimum Gasteiger partial charge on any atom is -0.398 e. The van der Waals surface area contributed by atoms with Gasteiger partial charge in [-0.1, -0.05) is 29.4 Å². The largest absolute Gasteiger partial charge is 0.398 e. The molecule has 0 saturated carbocycles. The summed E-state index contributed by atoms with van der Waals surface area (Å²) < 4.78 is 0. The minimum absolute atomic E-state index is 0.131. The molecule has 0 spiro atoms. The molecule has 0 radical (unpaired) electrons. The van der Waals surface area contributed by atoms with E-state index < -0.39 is 0 Å². The highest BCUT2D eigenvalue weighted by Gasteiger charge is 2.24. The molecule has 1 rings (SSSR count).